The van der Waals surface area contributed by atoms with E-state index in [9.17, 15) is 4.79 Å². The van der Waals surface area contributed by atoms with Crippen LogP contribution in [0, 0.1) is 0 Å². The molecule has 0 fully saturated rings. The Morgan fingerprint density at radius 2 is 1.73 bits per heavy atom. The number of carbonyl (C=O) groups is 1. The van der Waals surface area contributed by atoms with E-state index in [0.29, 0.717) is 12.1 Å². The average molecular weight is 314 g/mol. The summed E-state index contributed by atoms with van der Waals surface area (Å²) in [6.07, 6.45) is 0. The Morgan fingerprint density at radius 1 is 1.09 bits per heavy atom. The first-order valence-corrected chi connectivity index (χ1v) is 8.26. The Kier molecular flexibility index (Phi) is 5.63. The van der Waals surface area contributed by atoms with Gasteiger partial charge >= 0.3 is 0 Å². The summed E-state index contributed by atoms with van der Waals surface area (Å²) in [5.74, 6) is 0.808. The van der Waals surface area contributed by atoms with Gasteiger partial charge in [0.25, 0.3) is 5.91 Å². The summed E-state index contributed by atoms with van der Waals surface area (Å²) in [5, 5.41) is 2.85. The molecule has 4 heteroatoms. The number of benzene rings is 2. The van der Waals surface area contributed by atoms with Gasteiger partial charge in [-0.25, -0.2) is 0 Å². The van der Waals surface area contributed by atoms with Crippen LogP contribution >= 0.6 is 11.8 Å². The van der Waals surface area contributed by atoms with Gasteiger partial charge in [-0.05, 0) is 43.7 Å². The molecule has 0 aliphatic carbocycles. The van der Waals surface area contributed by atoms with Crippen LogP contribution in [0.1, 0.15) is 29.8 Å². The van der Waals surface area contributed by atoms with Crippen molar-refractivity contribution in [1.29, 1.82) is 0 Å². The molecule has 3 nitrogen and oxygen atoms in total. The fraction of sp³-hybridized carbons (Fsp3) is 0.278. The second kappa shape index (κ2) is 7.47. The van der Waals surface area contributed by atoms with E-state index in [1.807, 2.05) is 56.3 Å². The lowest BCUT2D eigenvalue weighted by Gasteiger charge is -2.18. The number of hydrogen-bond acceptors (Lipinski definition) is 3. The fourth-order valence-corrected chi connectivity index (χ4v) is 2.72. The molecule has 0 bridgehead atoms. The summed E-state index contributed by atoms with van der Waals surface area (Å²) >= 11 is 1.78. The Labute approximate surface area is 136 Å². The molecule has 0 heterocycles. The molecule has 0 saturated carbocycles. The second-order valence-corrected chi connectivity index (χ2v) is 7.02. The summed E-state index contributed by atoms with van der Waals surface area (Å²) in [6, 6.07) is 18.0. The minimum Gasteiger partial charge on any atom is -0.350 e. The Bertz CT molecular complexity index is 603. The van der Waals surface area contributed by atoms with E-state index < -0.39 is 5.54 Å². The van der Waals surface area contributed by atoms with Gasteiger partial charge in [-0.2, -0.15) is 0 Å². The van der Waals surface area contributed by atoms with Crippen LogP contribution in [0.25, 0.3) is 0 Å². The standard InChI is InChI=1S/C18H22N2OS/c1-18(2,19)13-20-17(21)15-10-8-14(9-11-15)12-22-16-6-4-3-5-7-16/h3-11H,12-13,19H2,1-2H3,(H,20,21). The molecule has 0 spiro atoms. The topological polar surface area (TPSA) is 55.1 Å². The van der Waals surface area contributed by atoms with E-state index in [-0.39, 0.29) is 5.91 Å². The van der Waals surface area contributed by atoms with Gasteiger partial charge < -0.3 is 11.1 Å². The first-order chi connectivity index (χ1) is 10.4. The molecule has 0 atom stereocenters. The number of hydrogen-bond donors (Lipinski definition) is 2. The predicted octanol–water partition coefficient (Wildman–Crippen LogP) is 3.45. The molecule has 2 aromatic carbocycles. The van der Waals surface area contributed by atoms with E-state index in [1.54, 1.807) is 11.8 Å². The Morgan fingerprint density at radius 3 is 2.32 bits per heavy atom. The quantitative estimate of drug-likeness (QED) is 0.803. The van der Waals surface area contributed by atoms with Crippen LogP contribution in [0.2, 0.25) is 0 Å². The maximum atomic E-state index is 12.0. The monoisotopic (exact) mass is 314 g/mol. The lowest BCUT2D eigenvalue weighted by Crippen LogP contribution is -2.45. The van der Waals surface area contributed by atoms with Crippen LogP contribution in [0.5, 0.6) is 0 Å². The molecule has 0 unspecified atom stereocenters. The van der Waals surface area contributed by atoms with E-state index in [0.717, 1.165) is 5.75 Å². The SMILES string of the molecule is CC(C)(N)CNC(=O)c1ccc(CSc2ccccc2)cc1. The van der Waals surface area contributed by atoms with Gasteiger partial charge in [0.1, 0.15) is 0 Å². The van der Waals surface area contributed by atoms with E-state index in [1.165, 1.54) is 10.5 Å². The number of nitrogens with one attached hydrogen (secondary N) is 1. The maximum absolute atomic E-state index is 12.0. The van der Waals surface area contributed by atoms with Crippen molar-refractivity contribution in [3.05, 3.63) is 65.7 Å². The van der Waals surface area contributed by atoms with Crippen molar-refractivity contribution >= 4 is 17.7 Å². The van der Waals surface area contributed by atoms with Crippen LogP contribution in [0.3, 0.4) is 0 Å². The summed E-state index contributed by atoms with van der Waals surface area (Å²) in [4.78, 5) is 13.3. The second-order valence-electron chi connectivity index (χ2n) is 5.97. The van der Waals surface area contributed by atoms with Crippen LogP contribution < -0.4 is 11.1 Å². The summed E-state index contributed by atoms with van der Waals surface area (Å²) in [7, 11) is 0. The molecule has 1 amide bonds. The van der Waals surface area contributed by atoms with Crippen LogP contribution in [-0.2, 0) is 5.75 Å². The molecule has 0 aromatic heterocycles. The molecule has 2 aromatic rings. The third-order valence-corrected chi connectivity index (χ3v) is 4.15. The van der Waals surface area contributed by atoms with Crippen molar-refractivity contribution < 1.29 is 4.79 Å². The van der Waals surface area contributed by atoms with E-state index in [2.05, 4.69) is 17.4 Å². The molecule has 0 aliphatic heterocycles. The molecule has 2 rings (SSSR count). The molecular weight excluding hydrogens is 292 g/mol. The first-order valence-electron chi connectivity index (χ1n) is 7.28. The zero-order valence-corrected chi connectivity index (χ0v) is 13.8. The van der Waals surface area contributed by atoms with Crippen molar-refractivity contribution in [3.8, 4) is 0 Å². The Hall–Kier alpha value is -1.78. The van der Waals surface area contributed by atoms with Gasteiger partial charge in [0.2, 0.25) is 0 Å². The smallest absolute Gasteiger partial charge is 0.251 e. The van der Waals surface area contributed by atoms with Crippen molar-refractivity contribution in [2.45, 2.75) is 30.0 Å². The van der Waals surface area contributed by atoms with Gasteiger partial charge in [0.05, 0.1) is 0 Å². The van der Waals surface area contributed by atoms with Crippen LogP contribution in [0.15, 0.2) is 59.5 Å². The number of carbonyl (C=O) groups excluding carboxylic acids is 1. The highest BCUT2D eigenvalue weighted by molar-refractivity contribution is 7.98. The van der Waals surface area contributed by atoms with E-state index in [4.69, 9.17) is 5.73 Å². The largest absolute Gasteiger partial charge is 0.350 e. The van der Waals surface area contributed by atoms with Crippen molar-refractivity contribution in [3.63, 3.8) is 0 Å². The van der Waals surface area contributed by atoms with Gasteiger partial charge in [-0.1, -0.05) is 30.3 Å². The Balaban J connectivity index is 1.88. The zero-order valence-electron chi connectivity index (χ0n) is 13.0. The number of thioether (sulfide) groups is 1. The minimum atomic E-state index is -0.401. The van der Waals surface area contributed by atoms with E-state index >= 15 is 0 Å². The molecule has 0 radical (unpaired) electrons. The first kappa shape index (κ1) is 16.6. The highest BCUT2D eigenvalue weighted by Crippen LogP contribution is 2.22. The molecule has 0 saturated heterocycles. The summed E-state index contributed by atoms with van der Waals surface area (Å²) in [5.41, 5.74) is 7.33. The summed E-state index contributed by atoms with van der Waals surface area (Å²) in [6.45, 7) is 4.23. The lowest BCUT2D eigenvalue weighted by molar-refractivity contribution is 0.0946. The van der Waals surface area contributed by atoms with Crippen molar-refractivity contribution in [1.82, 2.24) is 5.32 Å². The number of nitrogens with two attached hydrogens (primary N) is 1. The lowest BCUT2D eigenvalue weighted by atomic mass is 10.1. The van der Waals surface area contributed by atoms with Crippen molar-refractivity contribution in [2.75, 3.05) is 6.54 Å². The number of rotatable bonds is 6. The third-order valence-electron chi connectivity index (χ3n) is 3.07. The van der Waals surface area contributed by atoms with Gasteiger partial charge in [-0.3, -0.25) is 4.79 Å². The molecule has 22 heavy (non-hydrogen) atoms. The predicted molar refractivity (Wildman–Crippen MR) is 93.0 cm³/mol. The average Bonchev–Trinajstić information content (AvgIpc) is 2.51. The molecule has 3 N–H and O–H groups in total. The van der Waals surface area contributed by atoms with Gasteiger partial charge in [0, 0.05) is 28.3 Å². The maximum Gasteiger partial charge on any atom is 0.251 e. The van der Waals surface area contributed by atoms with Crippen LogP contribution in [-0.4, -0.2) is 18.0 Å². The molecule has 0 aliphatic rings. The van der Waals surface area contributed by atoms with Gasteiger partial charge in [-0.15, -0.1) is 11.8 Å². The highest BCUT2D eigenvalue weighted by Gasteiger charge is 2.13. The molecule has 116 valence electrons. The third kappa shape index (κ3) is 5.54. The van der Waals surface area contributed by atoms with Gasteiger partial charge in [0.15, 0.2) is 0 Å². The van der Waals surface area contributed by atoms with Crippen LogP contribution in [0.4, 0.5) is 0 Å². The summed E-state index contributed by atoms with van der Waals surface area (Å²) < 4.78 is 0. The molecular formula is C18H22N2OS. The minimum absolute atomic E-state index is 0.0826. The normalized spacial score (nSPS) is 11.2. The highest BCUT2D eigenvalue weighted by atomic mass is 32.2. The number of amides is 1. The fourth-order valence-electron chi connectivity index (χ4n) is 1.85. The zero-order chi connectivity index (χ0) is 16.0. The van der Waals surface area contributed by atoms with Crippen molar-refractivity contribution in [2.24, 2.45) is 5.73 Å².